The highest BCUT2D eigenvalue weighted by Gasteiger charge is 2.15. The Morgan fingerprint density at radius 2 is 1.71 bits per heavy atom. The predicted octanol–water partition coefficient (Wildman–Crippen LogP) is 4.91. The number of hydrogen-bond donors (Lipinski definition) is 0. The monoisotopic (exact) mass is 420 g/mol. The van der Waals surface area contributed by atoms with E-state index in [1.54, 1.807) is 0 Å². The molecule has 0 aliphatic rings. The molecule has 1 heterocycles. The summed E-state index contributed by atoms with van der Waals surface area (Å²) in [5.41, 5.74) is 4.45. The van der Waals surface area contributed by atoms with Gasteiger partial charge in [-0.25, -0.2) is 0 Å². The summed E-state index contributed by atoms with van der Waals surface area (Å²) in [6.07, 6.45) is 0.781. The number of benzene rings is 2. The van der Waals surface area contributed by atoms with Crippen molar-refractivity contribution in [2.45, 2.75) is 46.1 Å². The number of rotatable bonds is 9. The van der Waals surface area contributed by atoms with Gasteiger partial charge in [-0.1, -0.05) is 55.4 Å². The minimum atomic E-state index is 0.0835. The molecule has 6 heteroatoms. The molecular formula is C25H32N4O2. The number of carbonyl (C=O) groups is 1. The summed E-state index contributed by atoms with van der Waals surface area (Å²) in [6, 6.07) is 16.5. The topological polar surface area (TPSA) is 62.5 Å². The number of nitrogens with zero attached hydrogens (tertiary/aromatic N) is 4. The molecule has 0 saturated heterocycles. The molecule has 0 atom stereocenters. The molecule has 1 aromatic heterocycles. The second-order valence-electron chi connectivity index (χ2n) is 8.26. The van der Waals surface area contributed by atoms with Crippen molar-refractivity contribution in [3.05, 3.63) is 65.5 Å². The number of carbonyl (C=O) groups excluding carboxylic acids is 1. The largest absolute Gasteiger partial charge is 0.378 e. The van der Waals surface area contributed by atoms with Crippen molar-refractivity contribution in [3.8, 4) is 11.4 Å². The molecule has 3 rings (SSSR count). The molecule has 2 aromatic carbocycles. The van der Waals surface area contributed by atoms with Gasteiger partial charge in [0.2, 0.25) is 17.6 Å². The molecule has 0 radical (unpaired) electrons. The van der Waals surface area contributed by atoms with Crippen LogP contribution in [0.25, 0.3) is 11.4 Å². The number of aryl methyl sites for hydroxylation is 1. The van der Waals surface area contributed by atoms with Crippen molar-refractivity contribution >= 4 is 11.6 Å². The zero-order chi connectivity index (χ0) is 22.4. The van der Waals surface area contributed by atoms with Gasteiger partial charge in [-0.05, 0) is 36.1 Å². The predicted molar refractivity (Wildman–Crippen MR) is 124 cm³/mol. The summed E-state index contributed by atoms with van der Waals surface area (Å²) in [4.78, 5) is 21.1. The van der Waals surface area contributed by atoms with Crippen LogP contribution in [0.4, 0.5) is 5.69 Å². The van der Waals surface area contributed by atoms with E-state index in [9.17, 15) is 4.79 Å². The second kappa shape index (κ2) is 10.2. The van der Waals surface area contributed by atoms with E-state index in [1.807, 2.05) is 38.1 Å². The van der Waals surface area contributed by atoms with Gasteiger partial charge >= 0.3 is 0 Å². The van der Waals surface area contributed by atoms with Crippen LogP contribution in [0, 0.1) is 0 Å². The van der Waals surface area contributed by atoms with E-state index in [0.29, 0.717) is 43.6 Å². The normalized spacial score (nSPS) is 11.0. The van der Waals surface area contributed by atoms with E-state index >= 15 is 0 Å². The Labute approximate surface area is 184 Å². The van der Waals surface area contributed by atoms with Gasteiger partial charge < -0.3 is 14.3 Å². The standard InChI is InChI=1S/C25H32N4O2/c1-6-29(17-19-7-13-22(14-8-19)28(4)5)24(30)16-15-23-26-25(27-31-23)21-11-9-20(10-12-21)18(2)3/h7-14,18H,6,15-17H2,1-5H3. The Bertz CT molecular complexity index is 976. The van der Waals surface area contributed by atoms with Crippen LogP contribution in [0.1, 0.15) is 50.1 Å². The number of anilines is 1. The van der Waals surface area contributed by atoms with E-state index in [2.05, 4.69) is 65.3 Å². The molecule has 0 saturated carbocycles. The summed E-state index contributed by atoms with van der Waals surface area (Å²) in [7, 11) is 4.03. The minimum absolute atomic E-state index is 0.0835. The summed E-state index contributed by atoms with van der Waals surface area (Å²) < 4.78 is 5.38. The summed E-state index contributed by atoms with van der Waals surface area (Å²) in [5.74, 6) is 1.61. The fraction of sp³-hybridized carbons (Fsp3) is 0.400. The summed E-state index contributed by atoms with van der Waals surface area (Å²) >= 11 is 0. The fourth-order valence-corrected chi connectivity index (χ4v) is 3.36. The maximum Gasteiger partial charge on any atom is 0.227 e. The second-order valence-corrected chi connectivity index (χ2v) is 8.26. The first kappa shape index (κ1) is 22.5. The summed E-state index contributed by atoms with van der Waals surface area (Å²) in [5, 5.41) is 4.08. The van der Waals surface area contributed by atoms with Crippen molar-refractivity contribution in [2.24, 2.45) is 0 Å². The molecule has 0 fully saturated rings. The van der Waals surface area contributed by atoms with Gasteiger partial charge in [-0.2, -0.15) is 4.98 Å². The maximum atomic E-state index is 12.7. The first-order valence-electron chi connectivity index (χ1n) is 10.8. The van der Waals surface area contributed by atoms with E-state index in [-0.39, 0.29) is 5.91 Å². The summed E-state index contributed by atoms with van der Waals surface area (Å²) in [6.45, 7) is 7.58. The molecule has 0 N–H and O–H groups in total. The quantitative estimate of drug-likeness (QED) is 0.492. The third-order valence-corrected chi connectivity index (χ3v) is 5.42. The lowest BCUT2D eigenvalue weighted by molar-refractivity contribution is -0.131. The zero-order valence-electron chi connectivity index (χ0n) is 19.1. The van der Waals surface area contributed by atoms with Crippen LogP contribution in [0.5, 0.6) is 0 Å². The van der Waals surface area contributed by atoms with Gasteiger partial charge in [0, 0.05) is 51.3 Å². The lowest BCUT2D eigenvalue weighted by atomic mass is 10.0. The zero-order valence-corrected chi connectivity index (χ0v) is 19.1. The van der Waals surface area contributed by atoms with Crippen LogP contribution in [-0.2, 0) is 17.8 Å². The van der Waals surface area contributed by atoms with Gasteiger partial charge in [-0.15, -0.1) is 0 Å². The minimum Gasteiger partial charge on any atom is -0.378 e. The van der Waals surface area contributed by atoms with Crippen molar-refractivity contribution in [2.75, 3.05) is 25.5 Å². The third-order valence-electron chi connectivity index (χ3n) is 5.42. The molecule has 164 valence electrons. The molecule has 1 amide bonds. The van der Waals surface area contributed by atoms with Crippen LogP contribution in [0.2, 0.25) is 0 Å². The highest BCUT2D eigenvalue weighted by molar-refractivity contribution is 5.76. The molecule has 0 unspecified atom stereocenters. The SMILES string of the molecule is CCN(Cc1ccc(N(C)C)cc1)C(=O)CCc1nc(-c2ccc(C(C)C)cc2)no1. The average molecular weight is 421 g/mol. The van der Waals surface area contributed by atoms with Crippen LogP contribution in [0.3, 0.4) is 0 Å². The van der Waals surface area contributed by atoms with Crippen LogP contribution >= 0.6 is 0 Å². The van der Waals surface area contributed by atoms with Crippen molar-refractivity contribution in [3.63, 3.8) is 0 Å². The van der Waals surface area contributed by atoms with Crippen LogP contribution in [-0.4, -0.2) is 41.6 Å². The third kappa shape index (κ3) is 5.94. The van der Waals surface area contributed by atoms with Crippen LogP contribution < -0.4 is 4.90 Å². The first-order valence-corrected chi connectivity index (χ1v) is 10.8. The maximum absolute atomic E-state index is 12.7. The van der Waals surface area contributed by atoms with Gasteiger partial charge in [0.15, 0.2) is 0 Å². The van der Waals surface area contributed by atoms with Crippen molar-refractivity contribution < 1.29 is 9.32 Å². The molecule has 0 aliphatic heterocycles. The smallest absolute Gasteiger partial charge is 0.227 e. The van der Waals surface area contributed by atoms with E-state index in [0.717, 1.165) is 16.8 Å². The fourth-order valence-electron chi connectivity index (χ4n) is 3.36. The van der Waals surface area contributed by atoms with Crippen molar-refractivity contribution in [1.29, 1.82) is 0 Å². The average Bonchev–Trinajstić information content (AvgIpc) is 3.25. The highest BCUT2D eigenvalue weighted by Crippen LogP contribution is 2.21. The van der Waals surface area contributed by atoms with Crippen LogP contribution in [0.15, 0.2) is 53.1 Å². The Morgan fingerprint density at radius 1 is 1.03 bits per heavy atom. The number of aromatic nitrogens is 2. The van der Waals surface area contributed by atoms with Crippen molar-refractivity contribution in [1.82, 2.24) is 15.0 Å². The Balaban J connectivity index is 1.56. The van der Waals surface area contributed by atoms with E-state index in [4.69, 9.17) is 4.52 Å². The Hall–Kier alpha value is -3.15. The molecular weight excluding hydrogens is 388 g/mol. The van der Waals surface area contributed by atoms with Gasteiger partial charge in [0.05, 0.1) is 0 Å². The Kier molecular flexibility index (Phi) is 7.45. The molecule has 6 nitrogen and oxygen atoms in total. The number of hydrogen-bond acceptors (Lipinski definition) is 5. The Morgan fingerprint density at radius 3 is 2.29 bits per heavy atom. The van der Waals surface area contributed by atoms with Gasteiger partial charge in [0.25, 0.3) is 0 Å². The molecule has 0 bridgehead atoms. The first-order chi connectivity index (χ1) is 14.9. The number of amides is 1. The van der Waals surface area contributed by atoms with E-state index in [1.165, 1.54) is 5.56 Å². The van der Waals surface area contributed by atoms with E-state index < -0.39 is 0 Å². The molecule has 3 aromatic rings. The highest BCUT2D eigenvalue weighted by atomic mass is 16.5. The lowest BCUT2D eigenvalue weighted by Crippen LogP contribution is -2.30. The molecule has 0 aliphatic carbocycles. The van der Waals surface area contributed by atoms with Gasteiger partial charge in [0.1, 0.15) is 0 Å². The molecule has 31 heavy (non-hydrogen) atoms. The molecule has 0 spiro atoms. The lowest BCUT2D eigenvalue weighted by Gasteiger charge is -2.21. The van der Waals surface area contributed by atoms with Gasteiger partial charge in [-0.3, -0.25) is 4.79 Å².